The normalized spacial score (nSPS) is 15.5. The highest BCUT2D eigenvalue weighted by atomic mass is 16.5. The number of nitrogens with one attached hydrogen (secondary N) is 1. The van der Waals surface area contributed by atoms with Crippen LogP contribution in [-0.4, -0.2) is 42.4 Å². The largest absolute Gasteiger partial charge is 0.497 e. The van der Waals surface area contributed by atoms with E-state index in [9.17, 15) is 9.90 Å². The summed E-state index contributed by atoms with van der Waals surface area (Å²) in [4.78, 5) is 17.1. The van der Waals surface area contributed by atoms with Crippen LogP contribution in [-0.2, 0) is 0 Å². The van der Waals surface area contributed by atoms with Crippen molar-refractivity contribution in [3.8, 4) is 11.5 Å². The van der Waals surface area contributed by atoms with E-state index >= 15 is 0 Å². The molecule has 1 aliphatic rings. The molecular weight excluding hydrogens is 396 g/mol. The van der Waals surface area contributed by atoms with E-state index in [2.05, 4.69) is 10.3 Å². The fraction of sp³-hybridized carbons (Fsp3) is 0.417. The van der Waals surface area contributed by atoms with Gasteiger partial charge in [0.1, 0.15) is 29.7 Å². The number of amides is 1. The molecule has 1 fully saturated rings. The summed E-state index contributed by atoms with van der Waals surface area (Å²) in [5, 5.41) is 12.9. The molecule has 1 heterocycles. The summed E-state index contributed by atoms with van der Waals surface area (Å²) in [5.74, 6) is 2.14. The van der Waals surface area contributed by atoms with E-state index in [-0.39, 0.29) is 19.1 Å². The van der Waals surface area contributed by atoms with Crippen LogP contribution in [0.3, 0.4) is 0 Å². The summed E-state index contributed by atoms with van der Waals surface area (Å²) in [6.07, 6.45) is 5.06. The summed E-state index contributed by atoms with van der Waals surface area (Å²) in [5.41, 5.74) is 1.86. The number of carbonyl (C=O) groups is 1. The van der Waals surface area contributed by atoms with Crippen LogP contribution in [0.25, 0.3) is 11.1 Å². The number of rotatable bonds is 8. The molecule has 1 saturated carbocycles. The van der Waals surface area contributed by atoms with Crippen LogP contribution in [0, 0.1) is 0 Å². The molecular formula is C24H28N2O5. The molecule has 31 heavy (non-hydrogen) atoms. The fourth-order valence-corrected chi connectivity index (χ4v) is 3.86. The van der Waals surface area contributed by atoms with Gasteiger partial charge >= 0.3 is 0 Å². The van der Waals surface area contributed by atoms with Gasteiger partial charge in [-0.3, -0.25) is 4.79 Å². The molecule has 1 aromatic heterocycles. The Kier molecular flexibility index (Phi) is 6.72. The molecule has 0 saturated heterocycles. The minimum Gasteiger partial charge on any atom is -0.497 e. The topological polar surface area (TPSA) is 93.8 Å². The van der Waals surface area contributed by atoms with Crippen molar-refractivity contribution < 1.29 is 23.8 Å². The van der Waals surface area contributed by atoms with E-state index in [0.29, 0.717) is 28.6 Å². The SMILES string of the molecule is COc1cccc(OC[C@H](O)CNC(=O)c2ccc3nc(C4CCCCC4)oc3c2)c1. The Balaban J connectivity index is 1.31. The Morgan fingerprint density at radius 3 is 2.81 bits per heavy atom. The van der Waals surface area contributed by atoms with Crippen LogP contribution in [0.15, 0.2) is 46.9 Å². The van der Waals surface area contributed by atoms with E-state index in [1.807, 2.05) is 18.2 Å². The van der Waals surface area contributed by atoms with Crippen molar-refractivity contribution in [2.75, 3.05) is 20.3 Å². The molecule has 3 aromatic rings. The summed E-state index contributed by atoms with van der Waals surface area (Å²) in [6.45, 7) is 0.129. The number of methoxy groups -OCH3 is 1. The molecule has 0 unspecified atom stereocenters. The van der Waals surface area contributed by atoms with Crippen LogP contribution in [0.5, 0.6) is 11.5 Å². The number of nitrogens with zero attached hydrogens (tertiary/aromatic N) is 1. The van der Waals surface area contributed by atoms with Crippen LogP contribution in [0.1, 0.15) is 54.3 Å². The Bertz CT molecular complexity index is 1030. The van der Waals surface area contributed by atoms with Crippen LogP contribution >= 0.6 is 0 Å². The Morgan fingerprint density at radius 1 is 1.19 bits per heavy atom. The van der Waals surface area contributed by atoms with Crippen molar-refractivity contribution in [1.29, 1.82) is 0 Å². The molecule has 1 amide bonds. The Hall–Kier alpha value is -3.06. The fourth-order valence-electron chi connectivity index (χ4n) is 3.86. The number of aromatic nitrogens is 1. The summed E-state index contributed by atoms with van der Waals surface area (Å²) in [7, 11) is 1.58. The van der Waals surface area contributed by atoms with Crippen molar-refractivity contribution in [1.82, 2.24) is 10.3 Å². The third kappa shape index (κ3) is 5.35. The van der Waals surface area contributed by atoms with Gasteiger partial charge in [0.05, 0.1) is 7.11 Å². The van der Waals surface area contributed by atoms with E-state index in [1.54, 1.807) is 31.4 Å². The van der Waals surface area contributed by atoms with Gasteiger partial charge in [0.15, 0.2) is 11.5 Å². The molecule has 0 spiro atoms. The maximum Gasteiger partial charge on any atom is 0.251 e. The molecule has 2 N–H and O–H groups in total. The third-order valence-corrected chi connectivity index (χ3v) is 5.60. The molecule has 2 aromatic carbocycles. The van der Waals surface area contributed by atoms with E-state index in [0.717, 1.165) is 24.2 Å². The van der Waals surface area contributed by atoms with Crippen molar-refractivity contribution in [2.45, 2.75) is 44.1 Å². The van der Waals surface area contributed by atoms with E-state index < -0.39 is 6.10 Å². The molecule has 1 aliphatic carbocycles. The molecule has 4 rings (SSSR count). The molecule has 1 atom stereocenters. The summed E-state index contributed by atoms with van der Waals surface area (Å²) >= 11 is 0. The third-order valence-electron chi connectivity index (χ3n) is 5.60. The van der Waals surface area contributed by atoms with Crippen molar-refractivity contribution in [3.05, 3.63) is 53.9 Å². The van der Waals surface area contributed by atoms with E-state index in [4.69, 9.17) is 13.9 Å². The van der Waals surface area contributed by atoms with Crippen LogP contribution in [0.4, 0.5) is 0 Å². The van der Waals surface area contributed by atoms with Gasteiger partial charge in [-0.2, -0.15) is 0 Å². The molecule has 7 nitrogen and oxygen atoms in total. The average molecular weight is 424 g/mol. The zero-order valence-electron chi connectivity index (χ0n) is 17.7. The number of hydrogen-bond donors (Lipinski definition) is 2. The number of aliphatic hydroxyl groups excluding tert-OH is 1. The molecule has 7 heteroatoms. The molecule has 164 valence electrons. The van der Waals surface area contributed by atoms with Gasteiger partial charge in [0.25, 0.3) is 5.91 Å². The lowest BCUT2D eigenvalue weighted by Crippen LogP contribution is -2.35. The molecule has 0 bridgehead atoms. The predicted molar refractivity (Wildman–Crippen MR) is 117 cm³/mol. The van der Waals surface area contributed by atoms with Crippen molar-refractivity contribution >= 4 is 17.0 Å². The molecule has 0 aliphatic heterocycles. The average Bonchev–Trinajstić information content (AvgIpc) is 3.25. The predicted octanol–water partition coefficient (Wildman–Crippen LogP) is 4.05. The van der Waals surface area contributed by atoms with Crippen LogP contribution in [0.2, 0.25) is 0 Å². The lowest BCUT2D eigenvalue weighted by molar-refractivity contribution is 0.0843. The number of aliphatic hydroxyl groups is 1. The first-order valence-electron chi connectivity index (χ1n) is 10.8. The number of ether oxygens (including phenoxy) is 2. The number of benzene rings is 2. The van der Waals surface area contributed by atoms with E-state index in [1.165, 1.54) is 19.3 Å². The van der Waals surface area contributed by atoms with Gasteiger partial charge in [-0.05, 0) is 43.2 Å². The van der Waals surface area contributed by atoms with Gasteiger partial charge < -0.3 is 24.3 Å². The highest BCUT2D eigenvalue weighted by molar-refractivity contribution is 5.97. The van der Waals surface area contributed by atoms with Crippen LogP contribution < -0.4 is 14.8 Å². The monoisotopic (exact) mass is 424 g/mol. The first-order valence-corrected chi connectivity index (χ1v) is 10.8. The smallest absolute Gasteiger partial charge is 0.251 e. The van der Waals surface area contributed by atoms with Gasteiger partial charge in [0.2, 0.25) is 0 Å². The standard InChI is InChI=1S/C24H28N2O5/c1-29-19-8-5-9-20(13-19)30-15-18(27)14-25-23(28)17-10-11-21-22(12-17)31-24(26-21)16-6-3-2-4-7-16/h5,8-13,16,18,27H,2-4,6-7,14-15H2,1H3,(H,25,28)/t18-/m1/s1. The first-order chi connectivity index (χ1) is 15.1. The second kappa shape index (κ2) is 9.83. The van der Waals surface area contributed by atoms with Gasteiger partial charge in [0, 0.05) is 24.1 Å². The zero-order valence-corrected chi connectivity index (χ0v) is 17.7. The number of carbonyl (C=O) groups excluding carboxylic acids is 1. The lowest BCUT2D eigenvalue weighted by atomic mass is 9.89. The lowest BCUT2D eigenvalue weighted by Gasteiger charge is -2.17. The van der Waals surface area contributed by atoms with Crippen molar-refractivity contribution in [3.63, 3.8) is 0 Å². The van der Waals surface area contributed by atoms with Gasteiger partial charge in [-0.1, -0.05) is 25.3 Å². The minimum absolute atomic E-state index is 0.0549. The number of hydrogen-bond acceptors (Lipinski definition) is 6. The number of fused-ring (bicyclic) bond motifs is 1. The van der Waals surface area contributed by atoms with Gasteiger partial charge in [-0.25, -0.2) is 4.98 Å². The minimum atomic E-state index is -0.845. The quantitative estimate of drug-likeness (QED) is 0.567. The highest BCUT2D eigenvalue weighted by Crippen LogP contribution is 2.33. The van der Waals surface area contributed by atoms with Crippen molar-refractivity contribution in [2.24, 2.45) is 0 Å². The van der Waals surface area contributed by atoms with Gasteiger partial charge in [-0.15, -0.1) is 0 Å². The first kappa shape index (κ1) is 21.2. The Morgan fingerprint density at radius 2 is 2.00 bits per heavy atom. The second-order valence-electron chi connectivity index (χ2n) is 7.92. The molecule has 0 radical (unpaired) electrons. The summed E-state index contributed by atoms with van der Waals surface area (Å²) < 4.78 is 16.7. The number of oxazole rings is 1. The maximum absolute atomic E-state index is 12.5. The Labute approximate surface area is 181 Å². The highest BCUT2D eigenvalue weighted by Gasteiger charge is 2.21. The zero-order chi connectivity index (χ0) is 21.6. The summed E-state index contributed by atoms with van der Waals surface area (Å²) in [6, 6.07) is 12.4. The maximum atomic E-state index is 12.5. The second-order valence-corrected chi connectivity index (χ2v) is 7.92.